The van der Waals surface area contributed by atoms with Gasteiger partial charge in [0.25, 0.3) is 5.91 Å². The summed E-state index contributed by atoms with van der Waals surface area (Å²) in [6.07, 6.45) is 2.05. The molecule has 0 fully saturated rings. The zero-order valence-electron chi connectivity index (χ0n) is 11.2. The van der Waals surface area contributed by atoms with Crippen molar-refractivity contribution in [2.45, 2.75) is 19.8 Å². The van der Waals surface area contributed by atoms with E-state index in [0.717, 1.165) is 0 Å². The van der Waals surface area contributed by atoms with Gasteiger partial charge in [0.1, 0.15) is 5.56 Å². The van der Waals surface area contributed by atoms with E-state index in [9.17, 15) is 19.7 Å². The summed E-state index contributed by atoms with van der Waals surface area (Å²) in [5.41, 5.74) is -0.721. The zero-order chi connectivity index (χ0) is 16.0. The Morgan fingerprint density at radius 3 is 2.81 bits per heavy atom. The number of amides is 1. The van der Waals surface area contributed by atoms with Crippen LogP contribution in [0.5, 0.6) is 0 Å². The maximum atomic E-state index is 11.9. The van der Waals surface area contributed by atoms with Crippen LogP contribution in [0.1, 0.15) is 30.1 Å². The molecule has 1 amide bonds. The van der Waals surface area contributed by atoms with Crippen molar-refractivity contribution in [1.82, 2.24) is 10.3 Å². The van der Waals surface area contributed by atoms with Crippen LogP contribution in [-0.4, -0.2) is 33.4 Å². The van der Waals surface area contributed by atoms with Crippen molar-refractivity contribution in [3.8, 4) is 0 Å². The molecule has 21 heavy (non-hydrogen) atoms. The lowest BCUT2D eigenvalue weighted by molar-refractivity contribution is -0.385. The molecule has 0 aliphatic carbocycles. The molecular formula is C12H14ClN3O5. The Hall–Kier alpha value is -2.22. The van der Waals surface area contributed by atoms with E-state index in [4.69, 9.17) is 16.7 Å². The molecule has 0 saturated heterocycles. The zero-order valence-corrected chi connectivity index (χ0v) is 12.0. The minimum absolute atomic E-state index is 0.175. The molecule has 0 radical (unpaired) electrons. The fourth-order valence-corrected chi connectivity index (χ4v) is 1.84. The van der Waals surface area contributed by atoms with Gasteiger partial charge in [-0.05, 0) is 18.9 Å². The summed E-state index contributed by atoms with van der Waals surface area (Å²) in [6, 6.07) is 1.21. The summed E-state index contributed by atoms with van der Waals surface area (Å²) in [4.78, 5) is 36.2. The Kier molecular flexibility index (Phi) is 6.04. The highest BCUT2D eigenvalue weighted by molar-refractivity contribution is 6.32. The number of carbonyl (C=O) groups excluding carboxylic acids is 1. The average molecular weight is 316 g/mol. The quantitative estimate of drug-likeness (QED) is 0.343. The van der Waals surface area contributed by atoms with E-state index in [0.29, 0.717) is 12.8 Å². The van der Waals surface area contributed by atoms with E-state index in [1.165, 1.54) is 12.3 Å². The lowest BCUT2D eigenvalue weighted by Crippen LogP contribution is -2.26. The fraction of sp³-hybridized carbons (Fsp3) is 0.417. The van der Waals surface area contributed by atoms with Gasteiger partial charge in [0.2, 0.25) is 5.15 Å². The molecule has 1 unspecified atom stereocenters. The number of carboxylic acids is 1. The van der Waals surface area contributed by atoms with Crippen LogP contribution in [0, 0.1) is 16.0 Å². The Bertz CT molecular complexity index is 564. The van der Waals surface area contributed by atoms with Crippen LogP contribution in [0.2, 0.25) is 5.15 Å². The molecule has 1 heterocycles. The molecule has 0 saturated carbocycles. The molecule has 0 aliphatic rings. The van der Waals surface area contributed by atoms with E-state index < -0.39 is 28.4 Å². The Balaban J connectivity index is 2.63. The summed E-state index contributed by atoms with van der Waals surface area (Å²) < 4.78 is 0. The highest BCUT2D eigenvalue weighted by Crippen LogP contribution is 2.25. The minimum atomic E-state index is -0.905. The second-order valence-corrected chi connectivity index (χ2v) is 4.75. The molecule has 8 nitrogen and oxygen atoms in total. The predicted molar refractivity (Wildman–Crippen MR) is 74.3 cm³/mol. The maximum absolute atomic E-state index is 11.9. The topological polar surface area (TPSA) is 122 Å². The molecule has 1 aromatic rings. The van der Waals surface area contributed by atoms with E-state index >= 15 is 0 Å². The number of aromatic nitrogens is 1. The van der Waals surface area contributed by atoms with Crippen LogP contribution in [0.4, 0.5) is 5.69 Å². The summed E-state index contributed by atoms with van der Waals surface area (Å²) in [5.74, 6) is -2.06. The molecule has 2 N–H and O–H groups in total. The molecule has 0 spiro atoms. The minimum Gasteiger partial charge on any atom is -0.481 e. The van der Waals surface area contributed by atoms with Gasteiger partial charge in [0.05, 0.1) is 10.8 Å². The highest BCUT2D eigenvalue weighted by atomic mass is 35.5. The second kappa shape index (κ2) is 7.53. The molecule has 1 rings (SSSR count). The predicted octanol–water partition coefficient (Wildman–Crippen LogP) is 1.87. The first kappa shape index (κ1) is 16.8. The van der Waals surface area contributed by atoms with Crippen molar-refractivity contribution in [1.29, 1.82) is 0 Å². The number of carbonyl (C=O) groups is 2. The van der Waals surface area contributed by atoms with Crippen LogP contribution in [0.3, 0.4) is 0 Å². The number of nitro groups is 1. The van der Waals surface area contributed by atoms with Gasteiger partial charge in [-0.15, -0.1) is 0 Å². The van der Waals surface area contributed by atoms with Gasteiger partial charge in [-0.1, -0.05) is 18.5 Å². The normalized spacial score (nSPS) is 11.7. The summed E-state index contributed by atoms with van der Waals surface area (Å²) in [6.45, 7) is 1.78. The Morgan fingerprint density at radius 1 is 1.57 bits per heavy atom. The number of rotatable bonds is 7. The number of halogens is 1. The number of nitrogens with zero attached hydrogens (tertiary/aromatic N) is 2. The molecule has 114 valence electrons. The maximum Gasteiger partial charge on any atom is 0.319 e. The molecular weight excluding hydrogens is 302 g/mol. The third-order valence-electron chi connectivity index (χ3n) is 2.83. The van der Waals surface area contributed by atoms with Crippen molar-refractivity contribution in [2.24, 2.45) is 5.92 Å². The van der Waals surface area contributed by atoms with Gasteiger partial charge in [0, 0.05) is 12.7 Å². The Labute approximate surface area is 125 Å². The monoisotopic (exact) mass is 315 g/mol. The third-order valence-corrected chi connectivity index (χ3v) is 3.10. The van der Waals surface area contributed by atoms with E-state index in [-0.39, 0.29) is 17.3 Å². The van der Waals surface area contributed by atoms with Crippen LogP contribution >= 0.6 is 11.6 Å². The average Bonchev–Trinajstić information content (AvgIpc) is 2.42. The molecule has 1 atom stereocenters. The Morgan fingerprint density at radius 2 is 2.24 bits per heavy atom. The second-order valence-electron chi connectivity index (χ2n) is 4.39. The smallest absolute Gasteiger partial charge is 0.319 e. The summed E-state index contributed by atoms with van der Waals surface area (Å²) in [7, 11) is 0. The van der Waals surface area contributed by atoms with Crippen molar-refractivity contribution in [3.05, 3.63) is 33.1 Å². The van der Waals surface area contributed by atoms with Gasteiger partial charge >= 0.3 is 11.7 Å². The standard InChI is InChI=1S/C12H14ClN3O5/c1-7(12(18)19)3-2-5-15-11(17)8-4-6-14-10(13)9(8)16(20)21/h4,6-7H,2-3,5H2,1H3,(H,15,17)(H,18,19). The van der Waals surface area contributed by atoms with Crippen molar-refractivity contribution in [2.75, 3.05) is 6.54 Å². The fourth-order valence-electron chi connectivity index (χ4n) is 1.61. The van der Waals surface area contributed by atoms with Crippen LogP contribution in [0.15, 0.2) is 12.3 Å². The van der Waals surface area contributed by atoms with Crippen molar-refractivity contribution < 1.29 is 19.6 Å². The molecule has 0 aliphatic heterocycles. The van der Waals surface area contributed by atoms with Crippen molar-refractivity contribution in [3.63, 3.8) is 0 Å². The van der Waals surface area contributed by atoms with Crippen LogP contribution in [0.25, 0.3) is 0 Å². The summed E-state index contributed by atoms with van der Waals surface area (Å²) >= 11 is 5.61. The van der Waals surface area contributed by atoms with E-state index in [2.05, 4.69) is 10.3 Å². The summed E-state index contributed by atoms with van der Waals surface area (Å²) in [5, 5.41) is 21.7. The van der Waals surface area contributed by atoms with Gasteiger partial charge in [-0.25, -0.2) is 4.98 Å². The number of carboxylic acid groups (broad SMARTS) is 1. The van der Waals surface area contributed by atoms with Crippen molar-refractivity contribution >= 4 is 29.2 Å². The molecule has 9 heteroatoms. The van der Waals surface area contributed by atoms with E-state index in [1.807, 2.05) is 0 Å². The number of pyridine rings is 1. The first-order chi connectivity index (χ1) is 9.84. The molecule has 0 aromatic carbocycles. The molecule has 0 bridgehead atoms. The SMILES string of the molecule is CC(CCCNC(=O)c1ccnc(Cl)c1[N+](=O)[O-])C(=O)O. The van der Waals surface area contributed by atoms with Gasteiger partial charge in [-0.2, -0.15) is 0 Å². The van der Waals surface area contributed by atoms with Gasteiger partial charge in [0.15, 0.2) is 0 Å². The lowest BCUT2D eigenvalue weighted by atomic mass is 10.1. The van der Waals surface area contributed by atoms with Crippen LogP contribution < -0.4 is 5.32 Å². The number of hydrogen-bond donors (Lipinski definition) is 2. The first-order valence-corrected chi connectivity index (χ1v) is 6.52. The largest absolute Gasteiger partial charge is 0.481 e. The number of aliphatic carboxylic acids is 1. The van der Waals surface area contributed by atoms with Gasteiger partial charge in [-0.3, -0.25) is 19.7 Å². The highest BCUT2D eigenvalue weighted by Gasteiger charge is 2.24. The number of nitrogens with one attached hydrogen (secondary N) is 1. The van der Waals surface area contributed by atoms with Crippen LogP contribution in [-0.2, 0) is 4.79 Å². The first-order valence-electron chi connectivity index (χ1n) is 6.14. The molecule has 1 aromatic heterocycles. The number of hydrogen-bond acceptors (Lipinski definition) is 5. The van der Waals surface area contributed by atoms with Gasteiger partial charge < -0.3 is 10.4 Å². The lowest BCUT2D eigenvalue weighted by Gasteiger charge is -2.08. The third kappa shape index (κ3) is 4.67. The van der Waals surface area contributed by atoms with E-state index in [1.54, 1.807) is 6.92 Å².